The highest BCUT2D eigenvalue weighted by Crippen LogP contribution is 2.36. The van der Waals surface area contributed by atoms with Gasteiger partial charge in [0.05, 0.1) is 19.0 Å². The zero-order valence-corrected chi connectivity index (χ0v) is 11.8. The number of ether oxygens (including phenoxy) is 1. The number of hydrogen-bond donors (Lipinski definition) is 2. The summed E-state index contributed by atoms with van der Waals surface area (Å²) < 4.78 is 5.67. The summed E-state index contributed by atoms with van der Waals surface area (Å²) in [7, 11) is 0. The lowest BCUT2D eigenvalue weighted by atomic mass is 10.0. The first kappa shape index (κ1) is 12.4. The van der Waals surface area contributed by atoms with Crippen molar-refractivity contribution in [3.63, 3.8) is 0 Å². The molecule has 1 unspecified atom stereocenters. The summed E-state index contributed by atoms with van der Waals surface area (Å²) >= 11 is 6.10. The molecule has 0 saturated heterocycles. The third-order valence-electron chi connectivity index (χ3n) is 3.55. The van der Waals surface area contributed by atoms with Crippen molar-refractivity contribution in [1.82, 2.24) is 19.9 Å². The Kier molecular flexibility index (Phi) is 2.89. The predicted molar refractivity (Wildman–Crippen MR) is 79.6 cm³/mol. The number of rotatable bonds is 2. The van der Waals surface area contributed by atoms with Gasteiger partial charge >= 0.3 is 0 Å². The highest BCUT2D eigenvalue weighted by atomic mass is 35.5. The van der Waals surface area contributed by atoms with Gasteiger partial charge in [-0.3, -0.25) is 0 Å². The van der Waals surface area contributed by atoms with Gasteiger partial charge in [0.25, 0.3) is 0 Å². The van der Waals surface area contributed by atoms with Crippen molar-refractivity contribution in [3.8, 4) is 5.75 Å². The fourth-order valence-corrected chi connectivity index (χ4v) is 2.74. The number of halogens is 1. The molecule has 2 N–H and O–H groups in total. The molecule has 4 rings (SSSR count). The van der Waals surface area contributed by atoms with Gasteiger partial charge in [-0.15, -0.1) is 0 Å². The number of aromatic amines is 1. The van der Waals surface area contributed by atoms with E-state index in [0.717, 1.165) is 29.1 Å². The molecule has 3 heterocycles. The van der Waals surface area contributed by atoms with E-state index < -0.39 is 0 Å². The third kappa shape index (κ3) is 2.17. The van der Waals surface area contributed by atoms with Crippen molar-refractivity contribution in [2.45, 2.75) is 12.5 Å². The van der Waals surface area contributed by atoms with Crippen LogP contribution < -0.4 is 10.1 Å². The van der Waals surface area contributed by atoms with E-state index >= 15 is 0 Å². The standard InChI is InChI=1S/C14H12ClN5O/c15-8-1-2-11-9(5-8)10(3-4-21-11)20-14-12-13(17-6-16-12)18-7-19-14/h1-2,5-7,10H,3-4H2,(H2,16,17,18,19,20). The van der Waals surface area contributed by atoms with E-state index in [1.165, 1.54) is 6.33 Å². The Morgan fingerprint density at radius 3 is 3.19 bits per heavy atom. The van der Waals surface area contributed by atoms with Crippen molar-refractivity contribution >= 4 is 28.6 Å². The van der Waals surface area contributed by atoms with Crippen LogP contribution in [0.3, 0.4) is 0 Å². The summed E-state index contributed by atoms with van der Waals surface area (Å²) in [6.45, 7) is 0.656. The van der Waals surface area contributed by atoms with Gasteiger partial charge in [0.15, 0.2) is 11.5 Å². The van der Waals surface area contributed by atoms with Crippen LogP contribution in [0, 0.1) is 0 Å². The Hall–Kier alpha value is -2.34. The summed E-state index contributed by atoms with van der Waals surface area (Å²) in [6.07, 6.45) is 3.95. The maximum Gasteiger partial charge on any atom is 0.182 e. The maximum atomic E-state index is 6.10. The van der Waals surface area contributed by atoms with E-state index in [1.54, 1.807) is 6.33 Å². The lowest BCUT2D eigenvalue weighted by Gasteiger charge is -2.27. The van der Waals surface area contributed by atoms with Crippen LogP contribution in [0.15, 0.2) is 30.9 Å². The average Bonchev–Trinajstić information content (AvgIpc) is 2.97. The Morgan fingerprint density at radius 1 is 1.29 bits per heavy atom. The minimum Gasteiger partial charge on any atom is -0.493 e. The fourth-order valence-electron chi connectivity index (χ4n) is 2.55. The second kappa shape index (κ2) is 4.89. The van der Waals surface area contributed by atoms with Crippen LogP contribution in [-0.4, -0.2) is 26.5 Å². The Balaban J connectivity index is 1.73. The topological polar surface area (TPSA) is 75.7 Å². The van der Waals surface area contributed by atoms with Crippen LogP contribution in [-0.2, 0) is 0 Å². The average molecular weight is 302 g/mol. The third-order valence-corrected chi connectivity index (χ3v) is 3.78. The molecule has 3 aromatic rings. The van der Waals surface area contributed by atoms with E-state index in [2.05, 4.69) is 25.3 Å². The zero-order chi connectivity index (χ0) is 14.2. The molecule has 2 aromatic heterocycles. The zero-order valence-electron chi connectivity index (χ0n) is 11.0. The molecule has 0 aliphatic carbocycles. The summed E-state index contributed by atoms with van der Waals surface area (Å²) in [5, 5.41) is 4.13. The molecule has 6 nitrogen and oxygen atoms in total. The first-order chi connectivity index (χ1) is 10.3. The van der Waals surface area contributed by atoms with E-state index in [-0.39, 0.29) is 6.04 Å². The Labute approximate surface area is 125 Å². The fraction of sp³-hybridized carbons (Fsp3) is 0.214. The minimum absolute atomic E-state index is 0.0915. The van der Waals surface area contributed by atoms with Crippen LogP contribution >= 0.6 is 11.6 Å². The largest absolute Gasteiger partial charge is 0.493 e. The number of anilines is 1. The molecule has 1 atom stereocenters. The summed E-state index contributed by atoms with van der Waals surface area (Å²) in [5.74, 6) is 1.59. The van der Waals surface area contributed by atoms with Gasteiger partial charge in [0, 0.05) is 17.0 Å². The number of nitrogens with zero attached hydrogens (tertiary/aromatic N) is 3. The molecule has 0 spiro atoms. The Morgan fingerprint density at radius 2 is 2.24 bits per heavy atom. The molecular weight excluding hydrogens is 290 g/mol. The van der Waals surface area contributed by atoms with Crippen LogP contribution in [0.2, 0.25) is 5.02 Å². The van der Waals surface area contributed by atoms with E-state index in [1.807, 2.05) is 18.2 Å². The highest BCUT2D eigenvalue weighted by Gasteiger charge is 2.23. The van der Waals surface area contributed by atoms with Gasteiger partial charge in [-0.25, -0.2) is 15.0 Å². The van der Waals surface area contributed by atoms with E-state index in [9.17, 15) is 0 Å². The number of hydrogen-bond acceptors (Lipinski definition) is 5. The molecule has 1 aliphatic heterocycles. The molecular formula is C14H12ClN5O. The van der Waals surface area contributed by atoms with Gasteiger partial charge < -0.3 is 15.0 Å². The Bertz CT molecular complexity index is 803. The number of imidazole rings is 1. The normalized spacial score (nSPS) is 17.3. The maximum absolute atomic E-state index is 6.10. The predicted octanol–water partition coefficient (Wildman–Crippen LogP) is 2.94. The number of H-pyrrole nitrogens is 1. The molecule has 106 valence electrons. The van der Waals surface area contributed by atoms with Crippen LogP contribution in [0.4, 0.5) is 5.82 Å². The van der Waals surface area contributed by atoms with E-state index in [4.69, 9.17) is 16.3 Å². The van der Waals surface area contributed by atoms with Gasteiger partial charge in [-0.2, -0.15) is 0 Å². The van der Waals surface area contributed by atoms with Gasteiger partial charge in [-0.1, -0.05) is 11.6 Å². The SMILES string of the molecule is Clc1ccc2c(c1)C(Nc1ncnc3nc[nH]c13)CCO2. The van der Waals surface area contributed by atoms with Crippen LogP contribution in [0.5, 0.6) is 5.75 Å². The quantitative estimate of drug-likeness (QED) is 0.761. The first-order valence-corrected chi connectivity index (χ1v) is 7.02. The molecule has 0 saturated carbocycles. The van der Waals surface area contributed by atoms with Crippen molar-refractivity contribution < 1.29 is 4.74 Å². The van der Waals surface area contributed by atoms with Crippen molar-refractivity contribution in [2.75, 3.05) is 11.9 Å². The van der Waals surface area contributed by atoms with E-state index in [0.29, 0.717) is 17.3 Å². The number of nitrogens with one attached hydrogen (secondary N) is 2. The molecule has 0 fully saturated rings. The number of fused-ring (bicyclic) bond motifs is 2. The summed E-state index contributed by atoms with van der Waals surface area (Å²) in [6, 6.07) is 5.76. The number of benzene rings is 1. The monoisotopic (exact) mass is 301 g/mol. The van der Waals surface area contributed by atoms with Gasteiger partial charge in [0.2, 0.25) is 0 Å². The second-order valence-electron chi connectivity index (χ2n) is 4.84. The van der Waals surface area contributed by atoms with Gasteiger partial charge in [0.1, 0.15) is 17.6 Å². The molecule has 0 bridgehead atoms. The van der Waals surface area contributed by atoms with Crippen molar-refractivity contribution in [3.05, 3.63) is 41.4 Å². The lowest BCUT2D eigenvalue weighted by molar-refractivity contribution is 0.274. The van der Waals surface area contributed by atoms with Crippen LogP contribution in [0.1, 0.15) is 18.0 Å². The van der Waals surface area contributed by atoms with Gasteiger partial charge in [-0.05, 0) is 18.2 Å². The van der Waals surface area contributed by atoms with Crippen LogP contribution in [0.25, 0.3) is 11.2 Å². The first-order valence-electron chi connectivity index (χ1n) is 6.64. The van der Waals surface area contributed by atoms with Crippen molar-refractivity contribution in [2.24, 2.45) is 0 Å². The summed E-state index contributed by atoms with van der Waals surface area (Å²) in [5.41, 5.74) is 2.48. The minimum atomic E-state index is 0.0915. The molecule has 1 aromatic carbocycles. The molecule has 7 heteroatoms. The highest BCUT2D eigenvalue weighted by molar-refractivity contribution is 6.30. The molecule has 0 amide bonds. The molecule has 0 radical (unpaired) electrons. The second-order valence-corrected chi connectivity index (χ2v) is 5.28. The molecule has 21 heavy (non-hydrogen) atoms. The van der Waals surface area contributed by atoms with Crippen molar-refractivity contribution in [1.29, 1.82) is 0 Å². The molecule has 1 aliphatic rings. The smallest absolute Gasteiger partial charge is 0.182 e. The lowest BCUT2D eigenvalue weighted by Crippen LogP contribution is -2.21. The summed E-state index contributed by atoms with van der Waals surface area (Å²) in [4.78, 5) is 15.6. The number of aromatic nitrogens is 4.